The first kappa shape index (κ1) is 14.5. The van der Waals surface area contributed by atoms with Gasteiger partial charge in [0.05, 0.1) is 5.56 Å². The molecule has 1 aromatic rings. The van der Waals surface area contributed by atoms with Crippen molar-refractivity contribution in [1.82, 2.24) is 0 Å². The van der Waals surface area contributed by atoms with Gasteiger partial charge in [0.2, 0.25) is 5.91 Å². The number of hydrogen-bond donors (Lipinski definition) is 1. The van der Waals surface area contributed by atoms with Crippen molar-refractivity contribution < 1.29 is 23.9 Å². The van der Waals surface area contributed by atoms with Gasteiger partial charge in [0.1, 0.15) is 5.82 Å². The molecule has 1 heterocycles. The molecule has 1 N–H and O–H groups in total. The van der Waals surface area contributed by atoms with Crippen LogP contribution in [0.15, 0.2) is 18.2 Å². The van der Waals surface area contributed by atoms with Gasteiger partial charge < -0.3 is 10.0 Å². The van der Waals surface area contributed by atoms with Gasteiger partial charge in [-0.25, -0.2) is 9.18 Å². The number of carbonyl (C=O) groups is 3. The van der Waals surface area contributed by atoms with E-state index in [1.165, 1.54) is 17.9 Å². The molecule has 0 aromatic heterocycles. The summed E-state index contributed by atoms with van der Waals surface area (Å²) in [5, 5.41) is 8.65. The monoisotopic (exact) mass is 297 g/mol. The van der Waals surface area contributed by atoms with E-state index < -0.39 is 17.3 Å². The largest absolute Gasteiger partial charge is 0.478 e. The van der Waals surface area contributed by atoms with E-state index >= 15 is 0 Å². The van der Waals surface area contributed by atoms with Crippen molar-refractivity contribution in [2.75, 3.05) is 11.4 Å². The highest BCUT2D eigenvalue weighted by Crippen LogP contribution is 2.29. The van der Waals surface area contributed by atoms with Gasteiger partial charge >= 0.3 is 5.97 Å². The van der Waals surface area contributed by atoms with Gasteiger partial charge in [0, 0.05) is 30.8 Å². The van der Waals surface area contributed by atoms with Crippen molar-refractivity contribution in [2.45, 2.75) is 18.6 Å². The minimum absolute atomic E-state index is 0.0741. The maximum Gasteiger partial charge on any atom is 0.338 e. The molecular weight excluding hydrogens is 285 g/mol. The number of benzene rings is 1. The normalized spacial score (nSPS) is 18.4. The van der Waals surface area contributed by atoms with Crippen molar-refractivity contribution in [3.05, 3.63) is 29.6 Å². The van der Waals surface area contributed by atoms with Gasteiger partial charge in [0.15, 0.2) is 5.12 Å². The number of carbonyl (C=O) groups excluding carboxylic acids is 2. The molecule has 20 heavy (non-hydrogen) atoms. The van der Waals surface area contributed by atoms with Crippen molar-refractivity contribution in [3.63, 3.8) is 0 Å². The molecule has 1 unspecified atom stereocenters. The SMILES string of the molecule is CC(=O)SC1CC(=O)N(c2ccc(F)c(C(=O)O)c2)C1. The van der Waals surface area contributed by atoms with Crippen LogP contribution in [0.4, 0.5) is 10.1 Å². The van der Waals surface area contributed by atoms with Crippen molar-refractivity contribution in [2.24, 2.45) is 0 Å². The van der Waals surface area contributed by atoms with E-state index in [0.717, 1.165) is 23.9 Å². The number of halogens is 1. The smallest absolute Gasteiger partial charge is 0.338 e. The lowest BCUT2D eigenvalue weighted by molar-refractivity contribution is -0.117. The third-order valence-corrected chi connectivity index (χ3v) is 3.90. The van der Waals surface area contributed by atoms with Crippen LogP contribution in [-0.4, -0.2) is 33.9 Å². The Bertz CT molecular complexity index is 590. The molecule has 1 aliphatic rings. The third-order valence-electron chi connectivity index (χ3n) is 2.91. The summed E-state index contributed by atoms with van der Waals surface area (Å²) < 4.78 is 13.3. The van der Waals surface area contributed by atoms with Crippen molar-refractivity contribution in [1.29, 1.82) is 0 Å². The second-order valence-corrected chi connectivity index (χ2v) is 5.89. The average Bonchev–Trinajstić information content (AvgIpc) is 2.69. The van der Waals surface area contributed by atoms with Crippen LogP contribution in [0, 0.1) is 5.82 Å². The molecule has 7 heteroatoms. The number of anilines is 1. The van der Waals surface area contributed by atoms with Gasteiger partial charge in [-0.15, -0.1) is 0 Å². The topological polar surface area (TPSA) is 74.7 Å². The number of nitrogens with zero attached hydrogens (tertiary/aromatic N) is 1. The fraction of sp³-hybridized carbons (Fsp3) is 0.308. The summed E-state index contributed by atoms with van der Waals surface area (Å²) in [6.07, 6.45) is 0.212. The zero-order valence-electron chi connectivity index (χ0n) is 10.6. The van der Waals surface area contributed by atoms with Crippen LogP contribution in [0.1, 0.15) is 23.7 Å². The predicted molar refractivity (Wildman–Crippen MR) is 72.4 cm³/mol. The number of amides is 1. The molecule has 1 fully saturated rings. The molecule has 1 aliphatic heterocycles. The maximum atomic E-state index is 13.3. The Morgan fingerprint density at radius 1 is 1.45 bits per heavy atom. The van der Waals surface area contributed by atoms with E-state index in [0.29, 0.717) is 12.2 Å². The van der Waals surface area contributed by atoms with Crippen LogP contribution in [0.25, 0.3) is 0 Å². The Morgan fingerprint density at radius 3 is 2.75 bits per heavy atom. The average molecular weight is 297 g/mol. The molecule has 5 nitrogen and oxygen atoms in total. The summed E-state index contributed by atoms with van der Waals surface area (Å²) in [7, 11) is 0. The molecule has 1 amide bonds. The molecule has 1 saturated heterocycles. The van der Waals surface area contributed by atoms with Gasteiger partial charge in [-0.2, -0.15) is 0 Å². The fourth-order valence-corrected chi connectivity index (χ4v) is 3.00. The van der Waals surface area contributed by atoms with E-state index in [1.54, 1.807) is 0 Å². The Balaban J connectivity index is 2.24. The lowest BCUT2D eigenvalue weighted by atomic mass is 10.2. The molecule has 106 valence electrons. The first-order chi connectivity index (χ1) is 9.38. The van der Waals surface area contributed by atoms with Crippen LogP contribution in [0.3, 0.4) is 0 Å². The second kappa shape index (κ2) is 5.62. The minimum atomic E-state index is -1.38. The molecule has 1 atom stereocenters. The van der Waals surface area contributed by atoms with Crippen LogP contribution in [0.2, 0.25) is 0 Å². The highest BCUT2D eigenvalue weighted by Gasteiger charge is 2.32. The van der Waals surface area contributed by atoms with Gasteiger partial charge in [-0.3, -0.25) is 9.59 Å². The van der Waals surface area contributed by atoms with E-state index in [9.17, 15) is 18.8 Å². The van der Waals surface area contributed by atoms with Crippen LogP contribution in [-0.2, 0) is 9.59 Å². The zero-order valence-corrected chi connectivity index (χ0v) is 11.4. The number of aromatic carboxylic acids is 1. The van der Waals surface area contributed by atoms with E-state index in [1.807, 2.05) is 0 Å². The third kappa shape index (κ3) is 2.98. The Kier molecular flexibility index (Phi) is 4.08. The maximum absolute atomic E-state index is 13.3. The number of rotatable bonds is 3. The number of carboxylic acids is 1. The highest BCUT2D eigenvalue weighted by molar-refractivity contribution is 8.14. The zero-order chi connectivity index (χ0) is 14.9. The highest BCUT2D eigenvalue weighted by atomic mass is 32.2. The fourth-order valence-electron chi connectivity index (χ4n) is 2.08. The standard InChI is InChI=1S/C13H12FNO4S/c1-7(16)20-9-5-12(17)15(6-9)8-2-3-11(14)10(4-8)13(18)19/h2-4,9H,5-6H2,1H3,(H,18,19). The molecule has 0 radical (unpaired) electrons. The van der Waals surface area contributed by atoms with E-state index in [-0.39, 0.29) is 22.7 Å². The molecule has 2 rings (SSSR count). The van der Waals surface area contributed by atoms with Crippen LogP contribution in [0.5, 0.6) is 0 Å². The summed E-state index contributed by atoms with van der Waals surface area (Å²) >= 11 is 1.09. The summed E-state index contributed by atoms with van der Waals surface area (Å²) in [6.45, 7) is 1.74. The molecule has 0 aliphatic carbocycles. The molecule has 0 bridgehead atoms. The Morgan fingerprint density at radius 2 is 2.15 bits per heavy atom. The summed E-state index contributed by atoms with van der Waals surface area (Å²) in [6, 6.07) is 3.52. The second-order valence-electron chi connectivity index (χ2n) is 4.41. The van der Waals surface area contributed by atoms with Crippen molar-refractivity contribution in [3.8, 4) is 0 Å². The van der Waals surface area contributed by atoms with Gasteiger partial charge in [-0.1, -0.05) is 11.8 Å². The molecule has 1 aromatic carbocycles. The van der Waals surface area contributed by atoms with Crippen molar-refractivity contribution >= 4 is 34.4 Å². The van der Waals surface area contributed by atoms with E-state index in [2.05, 4.69) is 0 Å². The van der Waals surface area contributed by atoms with E-state index in [4.69, 9.17) is 5.11 Å². The first-order valence-electron chi connectivity index (χ1n) is 5.89. The van der Waals surface area contributed by atoms with Crippen LogP contribution < -0.4 is 4.90 Å². The Hall–Kier alpha value is -1.89. The number of hydrogen-bond acceptors (Lipinski definition) is 4. The molecule has 0 saturated carbocycles. The summed E-state index contributed by atoms with van der Waals surface area (Å²) in [5.74, 6) is -2.43. The quantitative estimate of drug-likeness (QED) is 0.922. The van der Waals surface area contributed by atoms with Crippen LogP contribution >= 0.6 is 11.8 Å². The minimum Gasteiger partial charge on any atom is -0.478 e. The van der Waals surface area contributed by atoms with Gasteiger partial charge in [0.25, 0.3) is 0 Å². The lowest BCUT2D eigenvalue weighted by Crippen LogP contribution is -2.25. The summed E-state index contributed by atoms with van der Waals surface area (Å²) in [5.41, 5.74) is -0.140. The number of thioether (sulfide) groups is 1. The first-order valence-corrected chi connectivity index (χ1v) is 6.77. The lowest BCUT2D eigenvalue weighted by Gasteiger charge is -2.17. The summed E-state index contributed by atoms with van der Waals surface area (Å²) in [4.78, 5) is 35.2. The predicted octanol–water partition coefficient (Wildman–Crippen LogP) is 1.91. The Labute approximate surface area is 118 Å². The molecular formula is C13H12FNO4S. The van der Waals surface area contributed by atoms with Gasteiger partial charge in [-0.05, 0) is 18.2 Å². The number of carboxylic acid groups (broad SMARTS) is 1. The molecule has 0 spiro atoms.